The van der Waals surface area contributed by atoms with Gasteiger partial charge in [0.2, 0.25) is 0 Å². The van der Waals surface area contributed by atoms with Gasteiger partial charge in [-0.3, -0.25) is 9.59 Å². The van der Waals surface area contributed by atoms with Gasteiger partial charge in [0.05, 0.1) is 11.3 Å². The molecule has 3 aromatic carbocycles. The average Bonchev–Trinajstić information content (AvgIpc) is 3.06. The molecule has 3 N–H and O–H groups in total. The molecule has 1 fully saturated rings. The van der Waals surface area contributed by atoms with Crippen LogP contribution in [0.3, 0.4) is 0 Å². The summed E-state index contributed by atoms with van der Waals surface area (Å²) in [6, 6.07) is 17.0. The van der Waals surface area contributed by atoms with Crippen molar-refractivity contribution in [3.63, 3.8) is 0 Å². The predicted octanol–water partition coefficient (Wildman–Crippen LogP) is 4.18. The van der Waals surface area contributed by atoms with E-state index in [1.54, 1.807) is 12.1 Å². The molecule has 0 spiro atoms. The molecule has 2 amide bonds. The number of carbonyl (C=O) groups is 2. The summed E-state index contributed by atoms with van der Waals surface area (Å²) in [7, 11) is 2.12. The Morgan fingerprint density at radius 3 is 2.32 bits per heavy atom. The standard InChI is InChI=1S/C26H27FN4O3/c1-30-14-3-15-31(17-16-30)21-12-6-18(7-13-21)25(33)29-24-22(4-2-5-23(24)32)26(34)28-20-10-8-19(27)9-11-20/h2,4-13,32H,3,14-17H2,1H3,(H,28,34)(H,29,33). The number of para-hydroxylation sites is 1. The Balaban J connectivity index is 1.48. The van der Waals surface area contributed by atoms with E-state index in [0.717, 1.165) is 38.3 Å². The number of amides is 2. The van der Waals surface area contributed by atoms with Crippen LogP contribution in [0.1, 0.15) is 27.1 Å². The van der Waals surface area contributed by atoms with Crippen LogP contribution in [0.4, 0.5) is 21.5 Å². The molecule has 0 saturated carbocycles. The van der Waals surface area contributed by atoms with E-state index in [1.807, 2.05) is 12.1 Å². The molecule has 8 heteroatoms. The van der Waals surface area contributed by atoms with Gasteiger partial charge in [0.15, 0.2) is 0 Å². The van der Waals surface area contributed by atoms with E-state index < -0.39 is 17.6 Å². The van der Waals surface area contributed by atoms with Crippen LogP contribution in [0.2, 0.25) is 0 Å². The topological polar surface area (TPSA) is 84.9 Å². The second kappa shape index (κ2) is 10.4. The number of anilines is 3. The van der Waals surface area contributed by atoms with Gasteiger partial charge in [-0.15, -0.1) is 0 Å². The number of likely N-dealkylation sites (N-methyl/N-ethyl adjacent to an activating group) is 1. The van der Waals surface area contributed by atoms with Gasteiger partial charge >= 0.3 is 0 Å². The van der Waals surface area contributed by atoms with Crippen LogP contribution in [-0.2, 0) is 0 Å². The summed E-state index contributed by atoms with van der Waals surface area (Å²) in [5.74, 6) is -1.64. The number of phenolic OH excluding ortho intramolecular Hbond substituents is 1. The highest BCUT2D eigenvalue weighted by Crippen LogP contribution is 2.29. The summed E-state index contributed by atoms with van der Waals surface area (Å²) in [4.78, 5) is 30.3. The number of benzene rings is 3. The van der Waals surface area contributed by atoms with Gasteiger partial charge in [-0.05, 0) is 80.7 Å². The number of halogens is 1. The van der Waals surface area contributed by atoms with Crippen molar-refractivity contribution < 1.29 is 19.1 Å². The maximum absolute atomic E-state index is 13.1. The number of phenols is 1. The summed E-state index contributed by atoms with van der Waals surface area (Å²) < 4.78 is 13.1. The van der Waals surface area contributed by atoms with E-state index in [4.69, 9.17) is 0 Å². The third-order valence-corrected chi connectivity index (χ3v) is 5.84. The highest BCUT2D eigenvalue weighted by Gasteiger charge is 2.19. The number of aromatic hydroxyl groups is 1. The molecule has 34 heavy (non-hydrogen) atoms. The van der Waals surface area contributed by atoms with Crippen molar-refractivity contribution >= 4 is 28.9 Å². The van der Waals surface area contributed by atoms with Crippen LogP contribution in [0.15, 0.2) is 66.7 Å². The van der Waals surface area contributed by atoms with Crippen LogP contribution in [-0.4, -0.2) is 55.0 Å². The lowest BCUT2D eigenvalue weighted by Gasteiger charge is -2.23. The monoisotopic (exact) mass is 462 g/mol. The molecule has 0 aliphatic carbocycles. The second-order valence-corrected chi connectivity index (χ2v) is 8.31. The largest absolute Gasteiger partial charge is 0.506 e. The molecule has 0 bridgehead atoms. The van der Waals surface area contributed by atoms with Crippen molar-refractivity contribution in [1.82, 2.24) is 4.90 Å². The highest BCUT2D eigenvalue weighted by atomic mass is 19.1. The van der Waals surface area contributed by atoms with Crippen molar-refractivity contribution in [3.8, 4) is 5.75 Å². The number of hydrogen-bond donors (Lipinski definition) is 3. The number of hydrogen-bond acceptors (Lipinski definition) is 5. The van der Waals surface area contributed by atoms with E-state index >= 15 is 0 Å². The molecular formula is C26H27FN4O3. The molecule has 3 aromatic rings. The van der Waals surface area contributed by atoms with Crippen molar-refractivity contribution in [1.29, 1.82) is 0 Å². The Morgan fingerprint density at radius 1 is 0.853 bits per heavy atom. The normalized spacial score (nSPS) is 14.4. The molecule has 0 aromatic heterocycles. The lowest BCUT2D eigenvalue weighted by Crippen LogP contribution is -2.28. The van der Waals surface area contributed by atoms with Crippen molar-refractivity contribution in [3.05, 3.63) is 83.7 Å². The van der Waals surface area contributed by atoms with Gasteiger partial charge < -0.3 is 25.5 Å². The van der Waals surface area contributed by atoms with Crippen LogP contribution in [0.25, 0.3) is 0 Å². The minimum atomic E-state index is -0.542. The van der Waals surface area contributed by atoms with E-state index in [0.29, 0.717) is 11.3 Å². The fourth-order valence-electron chi connectivity index (χ4n) is 3.91. The zero-order chi connectivity index (χ0) is 24.1. The molecule has 1 heterocycles. The third-order valence-electron chi connectivity index (χ3n) is 5.84. The van der Waals surface area contributed by atoms with Crippen LogP contribution >= 0.6 is 0 Å². The fourth-order valence-corrected chi connectivity index (χ4v) is 3.91. The van der Waals surface area contributed by atoms with Crippen LogP contribution in [0, 0.1) is 5.82 Å². The fraction of sp³-hybridized carbons (Fsp3) is 0.231. The van der Waals surface area contributed by atoms with Gasteiger partial charge in [-0.1, -0.05) is 6.07 Å². The second-order valence-electron chi connectivity index (χ2n) is 8.31. The van der Waals surface area contributed by atoms with Crippen molar-refractivity contribution in [2.75, 3.05) is 48.8 Å². The molecule has 4 rings (SSSR count). The van der Waals surface area contributed by atoms with E-state index in [-0.39, 0.29) is 17.0 Å². The van der Waals surface area contributed by atoms with E-state index in [2.05, 4.69) is 27.5 Å². The molecule has 7 nitrogen and oxygen atoms in total. The molecule has 0 unspecified atom stereocenters. The highest BCUT2D eigenvalue weighted by molar-refractivity contribution is 6.13. The minimum absolute atomic E-state index is 0.00624. The zero-order valence-electron chi connectivity index (χ0n) is 18.9. The first kappa shape index (κ1) is 23.3. The Kier molecular flexibility index (Phi) is 7.08. The molecule has 0 radical (unpaired) electrons. The maximum atomic E-state index is 13.1. The molecule has 176 valence electrons. The Morgan fingerprint density at radius 2 is 1.59 bits per heavy atom. The van der Waals surface area contributed by atoms with Gasteiger partial charge in [0.1, 0.15) is 11.6 Å². The predicted molar refractivity (Wildman–Crippen MR) is 131 cm³/mol. The minimum Gasteiger partial charge on any atom is -0.506 e. The third kappa shape index (κ3) is 5.52. The Hall–Kier alpha value is -3.91. The summed E-state index contributed by atoms with van der Waals surface area (Å²) in [5, 5.41) is 15.6. The molecule has 1 aliphatic rings. The first-order valence-corrected chi connectivity index (χ1v) is 11.1. The first-order valence-electron chi connectivity index (χ1n) is 11.1. The Bertz CT molecular complexity index is 1170. The average molecular weight is 463 g/mol. The van der Waals surface area contributed by atoms with Crippen molar-refractivity contribution in [2.45, 2.75) is 6.42 Å². The quantitative estimate of drug-likeness (QED) is 0.496. The van der Waals surface area contributed by atoms with Crippen molar-refractivity contribution in [2.24, 2.45) is 0 Å². The maximum Gasteiger partial charge on any atom is 0.257 e. The number of nitrogens with one attached hydrogen (secondary N) is 2. The molecule has 1 saturated heterocycles. The Labute approximate surface area is 197 Å². The van der Waals surface area contributed by atoms with E-state index in [9.17, 15) is 19.1 Å². The molecule has 1 aliphatic heterocycles. The number of carbonyl (C=O) groups excluding carboxylic acids is 2. The lowest BCUT2D eigenvalue weighted by molar-refractivity contribution is 0.102. The first-order chi connectivity index (χ1) is 16.4. The van der Waals surface area contributed by atoms with Gasteiger partial charge in [0, 0.05) is 36.6 Å². The summed E-state index contributed by atoms with van der Waals surface area (Å²) in [6.07, 6.45) is 1.08. The number of rotatable bonds is 5. The summed E-state index contributed by atoms with van der Waals surface area (Å²) >= 11 is 0. The summed E-state index contributed by atoms with van der Waals surface area (Å²) in [6.45, 7) is 3.93. The molecule has 0 atom stereocenters. The molecular weight excluding hydrogens is 435 g/mol. The van der Waals surface area contributed by atoms with Crippen LogP contribution < -0.4 is 15.5 Å². The summed E-state index contributed by atoms with van der Waals surface area (Å²) in [5.41, 5.74) is 1.94. The zero-order valence-corrected chi connectivity index (χ0v) is 18.9. The van der Waals surface area contributed by atoms with Crippen LogP contribution in [0.5, 0.6) is 5.75 Å². The van der Waals surface area contributed by atoms with E-state index in [1.165, 1.54) is 42.5 Å². The smallest absolute Gasteiger partial charge is 0.257 e. The SMILES string of the molecule is CN1CCCN(c2ccc(C(=O)Nc3c(O)cccc3C(=O)Nc3ccc(F)cc3)cc2)CC1. The number of nitrogens with zero attached hydrogens (tertiary/aromatic N) is 2. The van der Waals surface area contributed by atoms with Gasteiger partial charge in [-0.2, -0.15) is 0 Å². The van der Waals surface area contributed by atoms with Gasteiger partial charge in [-0.25, -0.2) is 4.39 Å². The van der Waals surface area contributed by atoms with Gasteiger partial charge in [0.25, 0.3) is 11.8 Å². The lowest BCUT2D eigenvalue weighted by atomic mass is 10.1.